The molecule has 0 spiro atoms. The number of benzene rings is 1. The second-order valence-electron chi connectivity index (χ2n) is 7.41. The first-order valence-electron chi connectivity index (χ1n) is 8.49. The quantitative estimate of drug-likeness (QED) is 0.782. The van der Waals surface area contributed by atoms with E-state index in [1.165, 1.54) is 6.07 Å². The summed E-state index contributed by atoms with van der Waals surface area (Å²) in [6.45, 7) is 0.805. The van der Waals surface area contributed by atoms with Crippen LogP contribution in [0.5, 0.6) is 0 Å². The number of hydrogen-bond acceptors (Lipinski definition) is 3. The summed E-state index contributed by atoms with van der Waals surface area (Å²) in [6, 6.07) is 2.37. The van der Waals surface area contributed by atoms with Gasteiger partial charge in [-0.05, 0) is 57.0 Å². The molecule has 1 heterocycles. The molecule has 0 aromatic heterocycles. The number of nitrogens with one attached hydrogen (secondary N) is 1. The molecule has 146 valence electrons. The average Bonchev–Trinajstić information content (AvgIpc) is 3.19. The zero-order valence-corrected chi connectivity index (χ0v) is 15.4. The lowest BCUT2D eigenvalue weighted by Gasteiger charge is -2.36. The number of nitrogens with zero attached hydrogens (tertiary/aromatic N) is 1. The van der Waals surface area contributed by atoms with E-state index in [-0.39, 0.29) is 6.04 Å². The molecule has 0 bridgehead atoms. The van der Waals surface area contributed by atoms with E-state index in [2.05, 4.69) is 4.72 Å². The fourth-order valence-corrected chi connectivity index (χ4v) is 4.96. The number of rotatable bonds is 5. The molecule has 2 unspecified atom stereocenters. The van der Waals surface area contributed by atoms with Gasteiger partial charge >= 0.3 is 6.18 Å². The Kier molecular flexibility index (Phi) is 4.86. The van der Waals surface area contributed by atoms with Crippen LogP contribution in [0.15, 0.2) is 18.2 Å². The Bertz CT molecular complexity index is 790. The summed E-state index contributed by atoms with van der Waals surface area (Å²) in [6.07, 6.45) is -0.951. The monoisotopic (exact) mass is 394 g/mol. The van der Waals surface area contributed by atoms with Crippen molar-refractivity contribution >= 4 is 10.0 Å². The predicted molar refractivity (Wildman–Crippen MR) is 89.7 cm³/mol. The van der Waals surface area contributed by atoms with Gasteiger partial charge in [0.25, 0.3) is 0 Å². The van der Waals surface area contributed by atoms with E-state index in [0.29, 0.717) is 18.4 Å². The maximum atomic E-state index is 13.7. The number of likely N-dealkylation sites (tertiary alicyclic amines) is 1. The lowest BCUT2D eigenvalue weighted by molar-refractivity contribution is -0.140. The minimum Gasteiger partial charge on any atom is -0.302 e. The molecule has 2 fully saturated rings. The van der Waals surface area contributed by atoms with Crippen molar-refractivity contribution in [3.05, 3.63) is 35.1 Å². The van der Waals surface area contributed by atoms with Crippen molar-refractivity contribution in [1.82, 2.24) is 9.62 Å². The van der Waals surface area contributed by atoms with Crippen LogP contribution in [-0.2, 0) is 21.6 Å². The fraction of sp³-hybridized carbons (Fsp3) is 0.647. The number of likely N-dealkylation sites (N-methyl/N-ethyl adjacent to an activating group) is 1. The molecule has 26 heavy (non-hydrogen) atoms. The molecule has 1 aliphatic carbocycles. The normalized spacial score (nSPS) is 24.6. The van der Waals surface area contributed by atoms with Gasteiger partial charge < -0.3 is 4.90 Å². The van der Waals surface area contributed by atoms with Gasteiger partial charge in [-0.1, -0.05) is 6.07 Å². The van der Waals surface area contributed by atoms with Crippen LogP contribution in [0.4, 0.5) is 17.6 Å². The third kappa shape index (κ3) is 3.75. The van der Waals surface area contributed by atoms with Gasteiger partial charge in [-0.2, -0.15) is 13.2 Å². The van der Waals surface area contributed by atoms with Crippen LogP contribution in [0.3, 0.4) is 0 Å². The highest BCUT2D eigenvalue weighted by molar-refractivity contribution is 7.88. The van der Waals surface area contributed by atoms with Crippen LogP contribution in [0, 0.1) is 5.82 Å². The van der Waals surface area contributed by atoms with Crippen molar-refractivity contribution in [1.29, 1.82) is 0 Å². The number of sulfonamides is 1. The van der Waals surface area contributed by atoms with E-state index in [9.17, 15) is 26.0 Å². The minimum absolute atomic E-state index is 0.105. The van der Waals surface area contributed by atoms with Gasteiger partial charge in [0.15, 0.2) is 0 Å². The summed E-state index contributed by atoms with van der Waals surface area (Å²) in [7, 11) is -1.67. The van der Waals surface area contributed by atoms with Gasteiger partial charge in [0.05, 0.1) is 11.8 Å². The fourth-order valence-electron chi connectivity index (χ4n) is 4.11. The van der Waals surface area contributed by atoms with Crippen molar-refractivity contribution in [3.8, 4) is 0 Å². The molecule has 1 N–H and O–H groups in total. The third-order valence-corrected chi connectivity index (χ3v) is 6.22. The van der Waals surface area contributed by atoms with Crippen LogP contribution in [0.2, 0.25) is 0 Å². The molecule has 2 aliphatic rings. The van der Waals surface area contributed by atoms with Crippen LogP contribution in [0.25, 0.3) is 0 Å². The average molecular weight is 394 g/mol. The molecule has 3 rings (SSSR count). The summed E-state index contributed by atoms with van der Waals surface area (Å²) in [4.78, 5) is 2.04. The Morgan fingerprint density at radius 1 is 1.31 bits per heavy atom. The molecule has 1 saturated carbocycles. The molecule has 1 aromatic rings. The second-order valence-corrected chi connectivity index (χ2v) is 9.19. The minimum atomic E-state index is -4.79. The highest BCUT2D eigenvalue weighted by Gasteiger charge is 2.55. The first kappa shape index (κ1) is 19.6. The van der Waals surface area contributed by atoms with Gasteiger partial charge in [0.1, 0.15) is 5.82 Å². The van der Waals surface area contributed by atoms with Gasteiger partial charge in [0.2, 0.25) is 10.0 Å². The predicted octanol–water partition coefficient (Wildman–Crippen LogP) is 2.89. The maximum absolute atomic E-state index is 13.7. The molecular formula is C17H22F4N2O2S. The van der Waals surface area contributed by atoms with E-state index in [1.807, 2.05) is 11.9 Å². The van der Waals surface area contributed by atoms with E-state index in [0.717, 1.165) is 37.8 Å². The largest absolute Gasteiger partial charge is 0.419 e. The molecule has 1 aromatic carbocycles. The Morgan fingerprint density at radius 3 is 2.42 bits per heavy atom. The molecule has 2 atom stereocenters. The van der Waals surface area contributed by atoms with Crippen molar-refractivity contribution in [2.45, 2.75) is 49.4 Å². The standard InChI is InChI=1S/C17H22F4N2O2S/c1-23-9-3-4-14(23)15(22-26(2,24)25)16(7-8-16)11-5-6-13(18)12(10-11)17(19,20)21/h5-6,10,14-15,22H,3-4,7-9H2,1-2H3. The molecule has 1 saturated heterocycles. The van der Waals surface area contributed by atoms with E-state index in [4.69, 9.17) is 0 Å². The summed E-state index contributed by atoms with van der Waals surface area (Å²) < 4.78 is 79.5. The smallest absolute Gasteiger partial charge is 0.302 e. The summed E-state index contributed by atoms with van der Waals surface area (Å²) in [5.74, 6) is -1.32. The van der Waals surface area contributed by atoms with E-state index < -0.39 is 39.0 Å². The lowest BCUT2D eigenvalue weighted by atomic mass is 9.83. The van der Waals surface area contributed by atoms with Gasteiger partial charge in [-0.15, -0.1) is 0 Å². The van der Waals surface area contributed by atoms with E-state index >= 15 is 0 Å². The third-order valence-electron chi connectivity index (χ3n) is 5.53. The molecule has 9 heteroatoms. The Labute approximate surface area is 150 Å². The van der Waals surface area contributed by atoms with Crippen molar-refractivity contribution in [3.63, 3.8) is 0 Å². The summed E-state index contributed by atoms with van der Waals surface area (Å²) >= 11 is 0. The van der Waals surface area contributed by atoms with Gasteiger partial charge in [-0.25, -0.2) is 17.5 Å². The van der Waals surface area contributed by atoms with Crippen LogP contribution < -0.4 is 4.72 Å². The first-order valence-corrected chi connectivity index (χ1v) is 10.4. The van der Waals surface area contributed by atoms with E-state index in [1.54, 1.807) is 0 Å². The Hall–Kier alpha value is -1.19. The van der Waals surface area contributed by atoms with Crippen molar-refractivity contribution in [2.75, 3.05) is 19.8 Å². The number of halogens is 4. The van der Waals surface area contributed by atoms with Crippen LogP contribution in [-0.4, -0.2) is 45.2 Å². The summed E-state index contributed by atoms with van der Waals surface area (Å²) in [5, 5.41) is 0. The first-order chi connectivity index (χ1) is 11.9. The SMILES string of the molecule is CN1CCCC1C(NS(C)(=O)=O)C1(c2ccc(F)c(C(F)(F)F)c2)CC1. The number of hydrogen-bond donors (Lipinski definition) is 1. The zero-order valence-electron chi connectivity index (χ0n) is 14.6. The molecule has 0 amide bonds. The Balaban J connectivity index is 2.04. The topological polar surface area (TPSA) is 49.4 Å². The second kappa shape index (κ2) is 6.45. The highest BCUT2D eigenvalue weighted by Crippen LogP contribution is 2.54. The van der Waals surface area contributed by atoms with Crippen molar-refractivity contribution in [2.24, 2.45) is 0 Å². The Morgan fingerprint density at radius 2 is 1.96 bits per heavy atom. The van der Waals surface area contributed by atoms with Crippen molar-refractivity contribution < 1.29 is 26.0 Å². The molecule has 1 aliphatic heterocycles. The van der Waals surface area contributed by atoms with Crippen LogP contribution >= 0.6 is 0 Å². The number of alkyl halides is 3. The lowest BCUT2D eigenvalue weighted by Crippen LogP contribution is -2.54. The molecular weight excluding hydrogens is 372 g/mol. The van der Waals surface area contributed by atoms with Gasteiger partial charge in [-0.3, -0.25) is 0 Å². The molecule has 0 radical (unpaired) electrons. The zero-order chi connectivity index (χ0) is 19.3. The summed E-state index contributed by atoms with van der Waals surface area (Å²) in [5.41, 5.74) is -1.70. The van der Waals surface area contributed by atoms with Gasteiger partial charge in [0, 0.05) is 17.5 Å². The maximum Gasteiger partial charge on any atom is 0.419 e. The molecule has 4 nitrogen and oxygen atoms in total. The highest BCUT2D eigenvalue weighted by atomic mass is 32.2. The van der Waals surface area contributed by atoms with Crippen LogP contribution in [0.1, 0.15) is 36.8 Å².